The monoisotopic (exact) mass is 273 g/mol. The van der Waals surface area contributed by atoms with Gasteiger partial charge in [-0.05, 0) is 43.2 Å². The summed E-state index contributed by atoms with van der Waals surface area (Å²) in [4.78, 5) is 2.21. The van der Waals surface area contributed by atoms with Crippen LogP contribution in [0.1, 0.15) is 12.8 Å². The first-order valence-corrected chi connectivity index (χ1v) is 6.70. The molecule has 1 aromatic carbocycles. The third kappa shape index (κ3) is 2.43. The molecule has 104 valence electrons. The van der Waals surface area contributed by atoms with Crippen molar-refractivity contribution in [2.75, 3.05) is 25.1 Å². The van der Waals surface area contributed by atoms with Crippen molar-refractivity contribution in [3.05, 3.63) is 36.1 Å². The van der Waals surface area contributed by atoms with E-state index in [1.165, 1.54) is 26.0 Å². The second-order valence-electron chi connectivity index (χ2n) is 4.82. The van der Waals surface area contributed by atoms with Crippen LogP contribution in [0.25, 0.3) is 11.3 Å². The number of ether oxygens (including phenoxy) is 1. The average Bonchev–Trinajstić information content (AvgIpc) is 3.01. The van der Waals surface area contributed by atoms with E-state index in [1.54, 1.807) is 12.1 Å². The summed E-state index contributed by atoms with van der Waals surface area (Å²) < 4.78 is 18.6. The van der Waals surface area contributed by atoms with Gasteiger partial charge in [-0.25, -0.2) is 4.39 Å². The van der Waals surface area contributed by atoms with E-state index in [0.717, 1.165) is 18.9 Å². The van der Waals surface area contributed by atoms with Crippen LogP contribution in [0, 0.1) is 5.82 Å². The SMILES string of the molecule is COc1ccc(-c2ccc(N3CCCC3)nn2)cc1F. The molecule has 0 atom stereocenters. The van der Waals surface area contributed by atoms with Crippen molar-refractivity contribution in [2.24, 2.45) is 0 Å². The molecular weight excluding hydrogens is 257 g/mol. The van der Waals surface area contributed by atoms with Gasteiger partial charge in [0.25, 0.3) is 0 Å². The summed E-state index contributed by atoms with van der Waals surface area (Å²) >= 11 is 0. The lowest BCUT2D eigenvalue weighted by atomic mass is 10.1. The molecule has 1 aliphatic rings. The summed E-state index contributed by atoms with van der Waals surface area (Å²) in [5, 5.41) is 8.42. The molecule has 0 spiro atoms. The van der Waals surface area contributed by atoms with Gasteiger partial charge < -0.3 is 9.64 Å². The van der Waals surface area contributed by atoms with Crippen LogP contribution >= 0.6 is 0 Å². The minimum absolute atomic E-state index is 0.232. The molecule has 0 amide bonds. The van der Waals surface area contributed by atoms with E-state index < -0.39 is 5.82 Å². The molecule has 0 aliphatic carbocycles. The fourth-order valence-corrected chi connectivity index (χ4v) is 2.42. The summed E-state index contributed by atoms with van der Waals surface area (Å²) in [7, 11) is 1.45. The van der Waals surface area contributed by atoms with Gasteiger partial charge in [-0.1, -0.05) is 0 Å². The second-order valence-corrected chi connectivity index (χ2v) is 4.82. The number of aromatic nitrogens is 2. The molecule has 1 saturated heterocycles. The number of anilines is 1. The largest absolute Gasteiger partial charge is 0.494 e. The second kappa shape index (κ2) is 5.45. The van der Waals surface area contributed by atoms with E-state index in [-0.39, 0.29) is 5.75 Å². The zero-order chi connectivity index (χ0) is 13.9. The first kappa shape index (κ1) is 12.8. The van der Waals surface area contributed by atoms with Gasteiger partial charge in [0.1, 0.15) is 0 Å². The van der Waals surface area contributed by atoms with Crippen molar-refractivity contribution in [1.29, 1.82) is 0 Å². The number of hydrogen-bond acceptors (Lipinski definition) is 4. The van der Waals surface area contributed by atoms with Crippen molar-refractivity contribution >= 4 is 5.82 Å². The molecule has 20 heavy (non-hydrogen) atoms. The minimum atomic E-state index is -0.393. The van der Waals surface area contributed by atoms with Gasteiger partial charge in [0.15, 0.2) is 17.4 Å². The Hall–Kier alpha value is -2.17. The normalized spacial score (nSPS) is 14.6. The lowest BCUT2D eigenvalue weighted by Gasteiger charge is -2.15. The Labute approximate surface area is 117 Å². The molecule has 0 bridgehead atoms. The third-order valence-corrected chi connectivity index (χ3v) is 3.53. The van der Waals surface area contributed by atoms with E-state index >= 15 is 0 Å². The van der Waals surface area contributed by atoms with Crippen molar-refractivity contribution in [3.63, 3.8) is 0 Å². The maximum absolute atomic E-state index is 13.7. The maximum atomic E-state index is 13.7. The summed E-state index contributed by atoms with van der Waals surface area (Å²) in [5.74, 6) is 0.728. The van der Waals surface area contributed by atoms with E-state index in [0.29, 0.717) is 11.3 Å². The number of hydrogen-bond donors (Lipinski definition) is 0. The quantitative estimate of drug-likeness (QED) is 0.862. The molecule has 1 aliphatic heterocycles. The van der Waals surface area contributed by atoms with Gasteiger partial charge in [-0.2, -0.15) is 0 Å². The van der Waals surface area contributed by atoms with Crippen molar-refractivity contribution in [3.8, 4) is 17.0 Å². The zero-order valence-corrected chi connectivity index (χ0v) is 11.3. The van der Waals surface area contributed by atoms with Gasteiger partial charge in [-0.3, -0.25) is 0 Å². The fraction of sp³-hybridized carbons (Fsp3) is 0.333. The van der Waals surface area contributed by atoms with Crippen LogP contribution in [0.2, 0.25) is 0 Å². The first-order valence-electron chi connectivity index (χ1n) is 6.70. The molecule has 0 unspecified atom stereocenters. The van der Waals surface area contributed by atoms with Crippen LogP contribution < -0.4 is 9.64 Å². The van der Waals surface area contributed by atoms with Crippen molar-refractivity contribution in [1.82, 2.24) is 10.2 Å². The van der Waals surface area contributed by atoms with Gasteiger partial charge in [-0.15, -0.1) is 10.2 Å². The Morgan fingerprint density at radius 2 is 1.90 bits per heavy atom. The van der Waals surface area contributed by atoms with Gasteiger partial charge in [0.2, 0.25) is 0 Å². The third-order valence-electron chi connectivity index (χ3n) is 3.53. The molecule has 0 saturated carbocycles. The predicted molar refractivity (Wildman–Crippen MR) is 75.4 cm³/mol. The summed E-state index contributed by atoms with van der Waals surface area (Å²) in [6.07, 6.45) is 2.40. The summed E-state index contributed by atoms with van der Waals surface area (Å²) in [5.41, 5.74) is 1.36. The standard InChI is InChI=1S/C15H16FN3O/c1-20-14-6-4-11(10-12(14)16)13-5-7-15(18-17-13)19-8-2-3-9-19/h4-7,10H,2-3,8-9H2,1H3. The topological polar surface area (TPSA) is 38.2 Å². The number of benzene rings is 1. The molecule has 5 heteroatoms. The molecule has 1 aromatic heterocycles. The molecule has 3 rings (SSSR count). The smallest absolute Gasteiger partial charge is 0.165 e. The van der Waals surface area contributed by atoms with Crippen LogP contribution in [0.5, 0.6) is 5.75 Å². The van der Waals surface area contributed by atoms with E-state index in [4.69, 9.17) is 4.74 Å². The Bertz CT molecular complexity index is 595. The van der Waals surface area contributed by atoms with Crippen LogP contribution in [0.4, 0.5) is 10.2 Å². The lowest BCUT2D eigenvalue weighted by Crippen LogP contribution is -2.19. The highest BCUT2D eigenvalue weighted by Crippen LogP contribution is 2.25. The summed E-state index contributed by atoms with van der Waals surface area (Å²) in [6.45, 7) is 2.07. The number of rotatable bonds is 3. The molecule has 0 N–H and O–H groups in total. The van der Waals surface area contributed by atoms with Crippen LogP contribution in [-0.4, -0.2) is 30.4 Å². The van der Waals surface area contributed by atoms with Crippen LogP contribution in [-0.2, 0) is 0 Å². The van der Waals surface area contributed by atoms with Crippen molar-refractivity contribution in [2.45, 2.75) is 12.8 Å². The average molecular weight is 273 g/mol. The molecule has 0 radical (unpaired) electrons. The maximum Gasteiger partial charge on any atom is 0.165 e. The van der Waals surface area contributed by atoms with Gasteiger partial charge in [0, 0.05) is 18.7 Å². The van der Waals surface area contributed by atoms with Crippen molar-refractivity contribution < 1.29 is 9.13 Å². The highest BCUT2D eigenvalue weighted by Gasteiger charge is 2.14. The number of methoxy groups -OCH3 is 1. The lowest BCUT2D eigenvalue weighted by molar-refractivity contribution is 0.386. The Balaban J connectivity index is 1.85. The Morgan fingerprint density at radius 3 is 2.50 bits per heavy atom. The molecule has 1 fully saturated rings. The Kier molecular flexibility index (Phi) is 3.50. The van der Waals surface area contributed by atoms with E-state index in [1.807, 2.05) is 12.1 Å². The van der Waals surface area contributed by atoms with Crippen LogP contribution in [0.15, 0.2) is 30.3 Å². The molecule has 2 heterocycles. The van der Waals surface area contributed by atoms with E-state index in [9.17, 15) is 4.39 Å². The van der Waals surface area contributed by atoms with E-state index in [2.05, 4.69) is 15.1 Å². The fourth-order valence-electron chi connectivity index (χ4n) is 2.42. The van der Waals surface area contributed by atoms with Crippen LogP contribution in [0.3, 0.4) is 0 Å². The molecule has 4 nitrogen and oxygen atoms in total. The first-order chi connectivity index (χ1) is 9.78. The number of halogens is 1. The molecular formula is C15H16FN3O. The summed E-state index contributed by atoms with van der Waals surface area (Å²) in [6, 6.07) is 8.61. The number of nitrogens with zero attached hydrogens (tertiary/aromatic N) is 3. The Morgan fingerprint density at radius 1 is 1.10 bits per heavy atom. The highest BCUT2D eigenvalue weighted by atomic mass is 19.1. The predicted octanol–water partition coefficient (Wildman–Crippen LogP) is 2.89. The molecule has 2 aromatic rings. The highest BCUT2D eigenvalue weighted by molar-refractivity contribution is 5.61. The van der Waals surface area contributed by atoms with Gasteiger partial charge in [0.05, 0.1) is 12.8 Å². The minimum Gasteiger partial charge on any atom is -0.494 e. The zero-order valence-electron chi connectivity index (χ0n) is 11.3. The van der Waals surface area contributed by atoms with Gasteiger partial charge >= 0.3 is 0 Å².